The number of carbonyl (C=O) groups is 1. The van der Waals surface area contributed by atoms with E-state index in [9.17, 15) is 4.79 Å². The first-order chi connectivity index (χ1) is 9.97. The minimum Gasteiger partial charge on any atom is -0.338 e. The first kappa shape index (κ1) is 15.7. The summed E-state index contributed by atoms with van der Waals surface area (Å²) in [4.78, 5) is 14.2. The zero-order chi connectivity index (χ0) is 15.4. The first-order valence-corrected chi connectivity index (χ1v) is 7.44. The lowest BCUT2D eigenvalue weighted by atomic mass is 10.2. The zero-order valence-corrected chi connectivity index (χ0v) is 13.8. The summed E-state index contributed by atoms with van der Waals surface area (Å²) in [6, 6.07) is 9.38. The monoisotopic (exact) mass is 351 g/mol. The fraction of sp³-hybridized carbons (Fsp3) is 0.333. The zero-order valence-electron chi connectivity index (χ0n) is 12.3. The van der Waals surface area contributed by atoms with Crippen molar-refractivity contribution in [1.82, 2.24) is 10.1 Å². The molecule has 0 aliphatic carbocycles. The van der Waals surface area contributed by atoms with Crippen LogP contribution in [0, 0.1) is 6.92 Å². The van der Waals surface area contributed by atoms with Crippen molar-refractivity contribution in [3.05, 3.63) is 46.1 Å². The molecule has 0 unspecified atom stereocenters. The minimum absolute atomic E-state index is 0.124. The van der Waals surface area contributed by atoms with E-state index in [-0.39, 0.29) is 11.9 Å². The van der Waals surface area contributed by atoms with Crippen LogP contribution in [0.4, 0.5) is 5.88 Å². The Balaban J connectivity index is 1.97. The number of aryl methyl sites for hydroxylation is 1. The van der Waals surface area contributed by atoms with Gasteiger partial charge in [0.2, 0.25) is 11.8 Å². The van der Waals surface area contributed by atoms with Crippen molar-refractivity contribution in [2.45, 2.75) is 26.4 Å². The molecule has 1 N–H and O–H groups in total. The summed E-state index contributed by atoms with van der Waals surface area (Å²) < 4.78 is 6.03. The molecule has 21 heavy (non-hydrogen) atoms. The summed E-state index contributed by atoms with van der Waals surface area (Å²) in [5, 5.41) is 6.47. The highest BCUT2D eigenvalue weighted by molar-refractivity contribution is 9.10. The van der Waals surface area contributed by atoms with Gasteiger partial charge in [-0.2, -0.15) is 0 Å². The van der Waals surface area contributed by atoms with Gasteiger partial charge in [0.25, 0.3) is 0 Å². The van der Waals surface area contributed by atoms with Crippen molar-refractivity contribution in [1.29, 1.82) is 0 Å². The van der Waals surface area contributed by atoms with Crippen LogP contribution in [0.5, 0.6) is 0 Å². The van der Waals surface area contributed by atoms with E-state index in [0.717, 1.165) is 15.7 Å². The molecule has 2 rings (SSSR count). The van der Waals surface area contributed by atoms with Gasteiger partial charge in [0.15, 0.2) is 0 Å². The van der Waals surface area contributed by atoms with Gasteiger partial charge < -0.3 is 4.52 Å². The molecule has 0 saturated heterocycles. The molecule has 1 aromatic carbocycles. The maximum atomic E-state index is 12.2. The second-order valence-corrected chi connectivity index (χ2v) is 5.86. The molecule has 6 heteroatoms. The van der Waals surface area contributed by atoms with Crippen LogP contribution >= 0.6 is 15.9 Å². The Kier molecular flexibility index (Phi) is 5.14. The predicted octanol–water partition coefficient (Wildman–Crippen LogP) is 3.20. The van der Waals surface area contributed by atoms with Gasteiger partial charge in [-0.15, -0.1) is 0 Å². The molecule has 0 radical (unpaired) electrons. The molecule has 0 spiro atoms. The van der Waals surface area contributed by atoms with Crippen LogP contribution in [0.15, 0.2) is 39.3 Å². The summed E-state index contributed by atoms with van der Waals surface area (Å²) in [6.45, 7) is 4.34. The Labute approximate surface area is 132 Å². The van der Waals surface area contributed by atoms with Crippen LogP contribution in [0.25, 0.3) is 0 Å². The molecule has 0 aliphatic heterocycles. The van der Waals surface area contributed by atoms with Gasteiger partial charge in [0.1, 0.15) is 0 Å². The van der Waals surface area contributed by atoms with Crippen molar-refractivity contribution in [2.75, 3.05) is 12.4 Å². The SMILES string of the molecule is Cc1cc(NC(=O)[C@@H](C)N(C)Cc2ccccc2Br)on1. The lowest BCUT2D eigenvalue weighted by Gasteiger charge is -2.23. The summed E-state index contributed by atoms with van der Waals surface area (Å²) in [6.07, 6.45) is 0. The van der Waals surface area contributed by atoms with Crippen LogP contribution < -0.4 is 5.32 Å². The maximum Gasteiger partial charge on any atom is 0.243 e. The van der Waals surface area contributed by atoms with Gasteiger partial charge in [-0.3, -0.25) is 15.0 Å². The number of nitrogens with zero attached hydrogens (tertiary/aromatic N) is 2. The Morgan fingerprint density at radius 2 is 2.19 bits per heavy atom. The highest BCUT2D eigenvalue weighted by atomic mass is 79.9. The number of likely N-dealkylation sites (N-methyl/N-ethyl adjacent to an activating group) is 1. The van der Waals surface area contributed by atoms with E-state index in [1.165, 1.54) is 0 Å². The van der Waals surface area contributed by atoms with E-state index >= 15 is 0 Å². The molecule has 112 valence electrons. The highest BCUT2D eigenvalue weighted by Crippen LogP contribution is 2.18. The fourth-order valence-corrected chi connectivity index (χ4v) is 2.29. The van der Waals surface area contributed by atoms with E-state index in [1.54, 1.807) is 6.07 Å². The quantitative estimate of drug-likeness (QED) is 0.898. The fourth-order valence-electron chi connectivity index (χ4n) is 1.88. The average molecular weight is 352 g/mol. The van der Waals surface area contributed by atoms with Crippen LogP contribution in [0.3, 0.4) is 0 Å². The molecular weight excluding hydrogens is 334 g/mol. The Morgan fingerprint density at radius 3 is 2.81 bits per heavy atom. The predicted molar refractivity (Wildman–Crippen MR) is 84.9 cm³/mol. The molecule has 0 fully saturated rings. The molecular formula is C15H18BrN3O2. The molecule has 1 atom stereocenters. The lowest BCUT2D eigenvalue weighted by Crippen LogP contribution is -2.39. The molecule has 1 amide bonds. The van der Waals surface area contributed by atoms with Crippen molar-refractivity contribution >= 4 is 27.7 Å². The summed E-state index contributed by atoms with van der Waals surface area (Å²) in [5.41, 5.74) is 1.87. The van der Waals surface area contributed by atoms with Crippen molar-refractivity contribution in [3.63, 3.8) is 0 Å². The number of aromatic nitrogens is 1. The van der Waals surface area contributed by atoms with E-state index in [4.69, 9.17) is 4.52 Å². The number of halogens is 1. The van der Waals surface area contributed by atoms with Gasteiger partial charge >= 0.3 is 0 Å². The third-order valence-electron chi connectivity index (χ3n) is 3.29. The third kappa shape index (κ3) is 4.15. The number of hydrogen-bond donors (Lipinski definition) is 1. The Bertz CT molecular complexity index is 627. The smallest absolute Gasteiger partial charge is 0.243 e. The second kappa shape index (κ2) is 6.87. The van der Waals surface area contributed by atoms with E-state index < -0.39 is 0 Å². The molecule has 0 saturated carbocycles. The van der Waals surface area contributed by atoms with Crippen molar-refractivity contribution in [2.24, 2.45) is 0 Å². The first-order valence-electron chi connectivity index (χ1n) is 6.65. The number of anilines is 1. The number of benzene rings is 1. The van der Waals surface area contributed by atoms with Crippen molar-refractivity contribution < 1.29 is 9.32 Å². The maximum absolute atomic E-state index is 12.2. The van der Waals surface area contributed by atoms with E-state index in [0.29, 0.717) is 12.4 Å². The van der Waals surface area contributed by atoms with Gasteiger partial charge in [0.05, 0.1) is 11.7 Å². The molecule has 0 bridgehead atoms. The van der Waals surface area contributed by atoms with Gasteiger partial charge in [-0.25, -0.2) is 0 Å². The minimum atomic E-state index is -0.289. The molecule has 2 aromatic rings. The van der Waals surface area contributed by atoms with Crippen LogP contribution in [-0.4, -0.2) is 29.1 Å². The lowest BCUT2D eigenvalue weighted by molar-refractivity contribution is -0.120. The van der Waals surface area contributed by atoms with Gasteiger partial charge in [0, 0.05) is 17.1 Å². The molecule has 0 aliphatic rings. The third-order valence-corrected chi connectivity index (χ3v) is 4.07. The largest absolute Gasteiger partial charge is 0.338 e. The Hall–Kier alpha value is -1.66. The highest BCUT2D eigenvalue weighted by Gasteiger charge is 2.20. The normalized spacial score (nSPS) is 12.4. The average Bonchev–Trinajstić information content (AvgIpc) is 2.85. The second-order valence-electron chi connectivity index (χ2n) is 5.00. The van der Waals surface area contributed by atoms with Crippen LogP contribution in [0.2, 0.25) is 0 Å². The molecule has 1 aromatic heterocycles. The standard InChI is InChI=1S/C15H18BrN3O2/c1-10-8-14(21-18-10)17-15(20)11(2)19(3)9-12-6-4-5-7-13(12)16/h4-8,11H,9H2,1-3H3,(H,17,20)/t11-/m1/s1. The van der Waals surface area contributed by atoms with Crippen LogP contribution in [-0.2, 0) is 11.3 Å². The van der Waals surface area contributed by atoms with Crippen LogP contribution in [0.1, 0.15) is 18.2 Å². The summed E-state index contributed by atoms with van der Waals surface area (Å²) in [5.74, 6) is 0.249. The number of rotatable bonds is 5. The molecule has 5 nitrogen and oxygen atoms in total. The number of hydrogen-bond acceptors (Lipinski definition) is 4. The number of carbonyl (C=O) groups excluding carboxylic acids is 1. The van der Waals surface area contributed by atoms with Gasteiger partial charge in [-0.05, 0) is 32.5 Å². The summed E-state index contributed by atoms with van der Waals surface area (Å²) in [7, 11) is 1.91. The van der Waals surface area contributed by atoms with Gasteiger partial charge in [-0.1, -0.05) is 39.3 Å². The van der Waals surface area contributed by atoms with E-state index in [1.807, 2.05) is 50.1 Å². The Morgan fingerprint density at radius 1 is 1.48 bits per heavy atom. The summed E-state index contributed by atoms with van der Waals surface area (Å²) >= 11 is 3.52. The topological polar surface area (TPSA) is 58.4 Å². The van der Waals surface area contributed by atoms with E-state index in [2.05, 4.69) is 26.4 Å². The molecule has 1 heterocycles. The number of amides is 1. The van der Waals surface area contributed by atoms with Crippen molar-refractivity contribution in [3.8, 4) is 0 Å². The number of nitrogens with one attached hydrogen (secondary N) is 1.